The highest BCUT2D eigenvalue weighted by molar-refractivity contribution is 8.00. The van der Waals surface area contributed by atoms with E-state index in [0.717, 1.165) is 4.90 Å². The van der Waals surface area contributed by atoms with Gasteiger partial charge in [-0.25, -0.2) is 0 Å². The summed E-state index contributed by atoms with van der Waals surface area (Å²) in [6.45, 7) is 0. The Bertz CT molecular complexity index is 269. The standard InChI is InChI=1S/C9H7OS2/c10-8(6-11)7-12-9-4-2-1-3-5-9/h1-5H,7H2. The molecule has 0 aromatic heterocycles. The van der Waals surface area contributed by atoms with Crippen LogP contribution in [0.3, 0.4) is 0 Å². The third kappa shape index (κ3) is 3.15. The third-order valence-electron chi connectivity index (χ3n) is 1.23. The predicted molar refractivity (Wildman–Crippen MR) is 54.8 cm³/mol. The van der Waals surface area contributed by atoms with Gasteiger partial charge in [0.2, 0.25) is 0 Å². The van der Waals surface area contributed by atoms with Crippen molar-refractivity contribution >= 4 is 35.1 Å². The van der Waals surface area contributed by atoms with Crippen LogP contribution in [-0.2, 0) is 4.79 Å². The molecule has 12 heavy (non-hydrogen) atoms. The van der Waals surface area contributed by atoms with Crippen LogP contribution in [0.4, 0.5) is 0 Å². The van der Waals surface area contributed by atoms with E-state index < -0.39 is 0 Å². The number of thioether (sulfide) groups is 1. The number of rotatable bonds is 4. The van der Waals surface area contributed by atoms with Gasteiger partial charge in [-0.05, 0) is 12.1 Å². The molecule has 0 unspecified atom stereocenters. The molecule has 1 rings (SSSR count). The van der Waals surface area contributed by atoms with Crippen molar-refractivity contribution in [1.29, 1.82) is 0 Å². The molecule has 0 atom stereocenters. The minimum Gasteiger partial charge on any atom is -0.292 e. The largest absolute Gasteiger partial charge is 0.292 e. The van der Waals surface area contributed by atoms with E-state index in [4.69, 9.17) is 0 Å². The first-order valence-electron chi connectivity index (χ1n) is 3.42. The van der Waals surface area contributed by atoms with Crippen molar-refractivity contribution < 1.29 is 4.79 Å². The molecule has 0 bridgehead atoms. The van der Waals surface area contributed by atoms with Crippen LogP contribution in [0.25, 0.3) is 0 Å². The van der Waals surface area contributed by atoms with Gasteiger partial charge in [0, 0.05) is 4.90 Å². The van der Waals surface area contributed by atoms with Gasteiger partial charge in [-0.15, -0.1) is 11.8 Å². The van der Waals surface area contributed by atoms with Crippen molar-refractivity contribution in [3.8, 4) is 0 Å². The van der Waals surface area contributed by atoms with E-state index in [1.54, 1.807) is 0 Å². The first-order valence-corrected chi connectivity index (χ1v) is 4.81. The van der Waals surface area contributed by atoms with Gasteiger partial charge in [-0.1, -0.05) is 30.4 Å². The quantitative estimate of drug-likeness (QED) is 0.541. The molecule has 1 radical (unpaired) electrons. The summed E-state index contributed by atoms with van der Waals surface area (Å²) in [5, 5.41) is 2.16. The Hall–Kier alpha value is -0.670. The van der Waals surface area contributed by atoms with Crippen LogP contribution in [0.2, 0.25) is 0 Å². The summed E-state index contributed by atoms with van der Waals surface area (Å²) in [6.07, 6.45) is 0. The number of Topliss-reactive ketones (excluding diaryl/α,β-unsaturated/α-hetero) is 1. The molecular formula is C9H7OS2. The van der Waals surface area contributed by atoms with Gasteiger partial charge < -0.3 is 0 Å². The molecule has 1 aromatic rings. The fourth-order valence-corrected chi connectivity index (χ4v) is 1.58. The fraction of sp³-hybridized carbons (Fsp3) is 0.111. The second-order valence-electron chi connectivity index (χ2n) is 2.13. The molecule has 0 amide bonds. The molecule has 0 saturated carbocycles. The first kappa shape index (κ1) is 9.42. The highest BCUT2D eigenvalue weighted by Crippen LogP contribution is 2.16. The summed E-state index contributed by atoms with van der Waals surface area (Å²) in [6, 6.07) is 9.74. The topological polar surface area (TPSA) is 17.1 Å². The predicted octanol–water partition coefficient (Wildman–Crippen LogP) is 2.22. The van der Waals surface area contributed by atoms with Crippen molar-refractivity contribution in [1.82, 2.24) is 0 Å². The Labute approximate surface area is 81.2 Å². The molecule has 0 spiro atoms. The van der Waals surface area contributed by atoms with E-state index in [1.165, 1.54) is 11.8 Å². The van der Waals surface area contributed by atoms with Gasteiger partial charge in [-0.3, -0.25) is 4.79 Å². The normalized spacial score (nSPS) is 9.33. The number of hydrogen-bond donors (Lipinski definition) is 0. The molecule has 0 aliphatic carbocycles. The van der Waals surface area contributed by atoms with Gasteiger partial charge in [0.25, 0.3) is 0 Å². The van der Waals surface area contributed by atoms with Crippen LogP contribution in [0.15, 0.2) is 35.2 Å². The molecule has 1 aromatic carbocycles. The molecular weight excluding hydrogens is 188 g/mol. The highest BCUT2D eigenvalue weighted by atomic mass is 32.2. The average molecular weight is 195 g/mol. The van der Waals surface area contributed by atoms with Gasteiger partial charge in [0.15, 0.2) is 5.78 Å². The Balaban J connectivity index is 2.43. The molecule has 0 aliphatic rings. The van der Waals surface area contributed by atoms with Crippen LogP contribution in [0.5, 0.6) is 0 Å². The van der Waals surface area contributed by atoms with Crippen LogP contribution < -0.4 is 0 Å². The summed E-state index contributed by atoms with van der Waals surface area (Å²) >= 11 is 5.85. The fourth-order valence-electron chi connectivity index (χ4n) is 0.695. The number of ketones is 1. The summed E-state index contributed by atoms with van der Waals surface area (Å²) in [7, 11) is 0. The Morgan fingerprint density at radius 1 is 1.42 bits per heavy atom. The van der Waals surface area contributed by atoms with Crippen molar-refractivity contribution in [2.45, 2.75) is 4.90 Å². The lowest BCUT2D eigenvalue weighted by molar-refractivity contribution is -0.110. The molecule has 1 nitrogen and oxygen atoms in total. The smallest absolute Gasteiger partial charge is 0.185 e. The maximum absolute atomic E-state index is 10.7. The zero-order valence-corrected chi connectivity index (χ0v) is 7.95. The van der Waals surface area contributed by atoms with Gasteiger partial charge in [0.1, 0.15) is 5.37 Å². The van der Waals surface area contributed by atoms with E-state index >= 15 is 0 Å². The van der Waals surface area contributed by atoms with Crippen molar-refractivity contribution in [2.75, 3.05) is 5.75 Å². The molecule has 0 aliphatic heterocycles. The summed E-state index contributed by atoms with van der Waals surface area (Å²) in [4.78, 5) is 11.8. The lowest BCUT2D eigenvalue weighted by atomic mass is 10.4. The zero-order chi connectivity index (χ0) is 8.81. The maximum Gasteiger partial charge on any atom is 0.185 e. The maximum atomic E-state index is 10.7. The summed E-state index contributed by atoms with van der Waals surface area (Å²) in [5.74, 6) is 0.256. The van der Waals surface area contributed by atoms with Gasteiger partial charge in [-0.2, -0.15) is 0 Å². The number of thiocarbonyl (C=S) groups is 1. The Kier molecular flexibility index (Phi) is 3.97. The highest BCUT2D eigenvalue weighted by Gasteiger charge is 1.98. The number of hydrogen-bond acceptors (Lipinski definition) is 3. The van der Waals surface area contributed by atoms with E-state index in [-0.39, 0.29) is 5.78 Å². The van der Waals surface area contributed by atoms with E-state index in [9.17, 15) is 4.79 Å². The van der Waals surface area contributed by atoms with Crippen molar-refractivity contribution in [3.05, 3.63) is 30.3 Å². The van der Waals surface area contributed by atoms with Crippen molar-refractivity contribution in [2.24, 2.45) is 0 Å². The first-order chi connectivity index (χ1) is 5.83. The van der Waals surface area contributed by atoms with Crippen LogP contribution in [0.1, 0.15) is 0 Å². The zero-order valence-electron chi connectivity index (χ0n) is 6.32. The van der Waals surface area contributed by atoms with E-state index in [1.807, 2.05) is 30.3 Å². The molecule has 0 saturated heterocycles. The third-order valence-corrected chi connectivity index (χ3v) is 2.47. The Morgan fingerprint density at radius 3 is 2.67 bits per heavy atom. The van der Waals surface area contributed by atoms with E-state index in [0.29, 0.717) is 5.75 Å². The van der Waals surface area contributed by atoms with Gasteiger partial charge >= 0.3 is 0 Å². The lowest BCUT2D eigenvalue weighted by Gasteiger charge is -1.95. The molecule has 61 valence electrons. The van der Waals surface area contributed by atoms with Crippen LogP contribution in [0, 0.1) is 0 Å². The summed E-state index contributed by atoms with van der Waals surface area (Å²) in [5.41, 5.74) is 0. The second kappa shape index (κ2) is 5.06. The van der Waals surface area contributed by atoms with E-state index in [2.05, 4.69) is 17.6 Å². The molecule has 0 N–H and O–H groups in total. The molecule has 0 fully saturated rings. The molecule has 3 heteroatoms. The minimum absolute atomic E-state index is 0.126. The number of benzene rings is 1. The minimum atomic E-state index is -0.126. The molecule has 0 heterocycles. The van der Waals surface area contributed by atoms with Gasteiger partial charge in [0.05, 0.1) is 5.75 Å². The Morgan fingerprint density at radius 2 is 2.08 bits per heavy atom. The monoisotopic (exact) mass is 195 g/mol. The van der Waals surface area contributed by atoms with Crippen LogP contribution in [-0.4, -0.2) is 16.9 Å². The number of carbonyl (C=O) groups excluding carboxylic acids is 1. The lowest BCUT2D eigenvalue weighted by Crippen LogP contribution is -1.99. The summed E-state index contributed by atoms with van der Waals surface area (Å²) < 4.78 is 0. The van der Waals surface area contributed by atoms with Crippen LogP contribution >= 0.6 is 24.0 Å². The second-order valence-corrected chi connectivity index (χ2v) is 3.38. The number of carbonyl (C=O) groups is 1. The van der Waals surface area contributed by atoms with Crippen molar-refractivity contribution in [3.63, 3.8) is 0 Å². The SMILES string of the molecule is O=C([C]=S)CSc1ccccc1. The average Bonchev–Trinajstić information content (AvgIpc) is 2.16.